The van der Waals surface area contributed by atoms with Gasteiger partial charge in [-0.1, -0.05) is 41.5 Å². The van der Waals surface area contributed by atoms with Crippen LogP contribution in [0.25, 0.3) is 0 Å². The molecule has 2 N–H and O–H groups in total. The molecule has 0 aliphatic heterocycles. The average Bonchev–Trinajstić information content (AvgIpc) is 2.51. The molecule has 1 aromatic carbocycles. The van der Waals surface area contributed by atoms with Gasteiger partial charge in [0.2, 0.25) is 0 Å². The summed E-state index contributed by atoms with van der Waals surface area (Å²) in [5, 5.41) is 22.6. The molecule has 0 radical (unpaired) electrons. The van der Waals surface area contributed by atoms with Gasteiger partial charge in [0.15, 0.2) is 0 Å². The van der Waals surface area contributed by atoms with Gasteiger partial charge < -0.3 is 10.2 Å². The van der Waals surface area contributed by atoms with E-state index < -0.39 is 0 Å². The lowest BCUT2D eigenvalue weighted by Gasteiger charge is -2.58. The van der Waals surface area contributed by atoms with Crippen LogP contribution < -0.4 is 0 Å². The summed E-state index contributed by atoms with van der Waals surface area (Å²) in [6, 6.07) is 2.00. The highest BCUT2D eigenvalue weighted by Gasteiger charge is 2.54. The van der Waals surface area contributed by atoms with Crippen LogP contribution in [-0.2, 0) is 16.2 Å². The average molecular weight is 371 g/mol. The quantitative estimate of drug-likeness (QED) is 0.633. The predicted octanol–water partition coefficient (Wildman–Crippen LogP) is 6.55. The van der Waals surface area contributed by atoms with Gasteiger partial charge in [-0.2, -0.15) is 0 Å². The first-order valence-corrected chi connectivity index (χ1v) is 11.1. The van der Waals surface area contributed by atoms with Gasteiger partial charge in [-0.15, -0.1) is 0 Å². The van der Waals surface area contributed by atoms with Gasteiger partial charge in [-0.3, -0.25) is 0 Å². The van der Waals surface area contributed by atoms with Crippen molar-refractivity contribution in [2.24, 2.45) is 17.8 Å². The van der Waals surface area contributed by atoms with Crippen LogP contribution in [0.2, 0.25) is 0 Å². The Morgan fingerprint density at radius 2 is 1.41 bits per heavy atom. The molecule has 0 heterocycles. The molecule has 0 amide bonds. The zero-order valence-corrected chi connectivity index (χ0v) is 18.2. The fraction of sp³-hybridized carbons (Fsp3) is 0.760. The van der Waals surface area contributed by atoms with Crippen LogP contribution in [-0.4, -0.2) is 10.2 Å². The Balaban J connectivity index is 1.97. The van der Waals surface area contributed by atoms with E-state index in [1.54, 1.807) is 0 Å². The molecular weight excluding hydrogens is 332 g/mol. The number of rotatable bonds is 3. The number of benzene rings is 1. The second kappa shape index (κ2) is 5.91. The number of hydrogen-bond donors (Lipinski definition) is 2. The molecule has 4 fully saturated rings. The van der Waals surface area contributed by atoms with E-state index in [4.69, 9.17) is 0 Å². The summed E-state index contributed by atoms with van der Waals surface area (Å²) >= 11 is 0. The molecule has 0 spiro atoms. The Morgan fingerprint density at radius 1 is 0.926 bits per heavy atom. The highest BCUT2D eigenvalue weighted by atomic mass is 16.3. The minimum atomic E-state index is -0.234. The van der Waals surface area contributed by atoms with Gasteiger partial charge in [0.05, 0.1) is 0 Å². The first kappa shape index (κ1) is 19.2. The van der Waals surface area contributed by atoms with E-state index in [2.05, 4.69) is 41.5 Å². The van der Waals surface area contributed by atoms with Crippen LogP contribution in [0.1, 0.15) is 103 Å². The number of phenols is 2. The smallest absolute Gasteiger partial charge is 0.127 e. The largest absolute Gasteiger partial charge is 0.507 e. The maximum Gasteiger partial charge on any atom is 0.127 e. The molecule has 0 unspecified atom stereocenters. The molecule has 0 aromatic heterocycles. The van der Waals surface area contributed by atoms with E-state index in [1.807, 2.05) is 6.07 Å². The van der Waals surface area contributed by atoms with Crippen molar-refractivity contribution in [3.05, 3.63) is 22.8 Å². The number of phenolic OH excluding ortho intramolecular Hbond substituents is 2. The highest BCUT2D eigenvalue weighted by Crippen LogP contribution is 2.64. The van der Waals surface area contributed by atoms with Crippen LogP contribution in [0.15, 0.2) is 6.07 Å². The molecule has 4 aliphatic carbocycles. The molecule has 1 aromatic rings. The Morgan fingerprint density at radius 3 is 1.81 bits per heavy atom. The van der Waals surface area contributed by atoms with Gasteiger partial charge in [-0.05, 0) is 85.2 Å². The topological polar surface area (TPSA) is 40.5 Å². The van der Waals surface area contributed by atoms with E-state index in [1.165, 1.54) is 44.1 Å². The van der Waals surface area contributed by atoms with Gasteiger partial charge >= 0.3 is 0 Å². The SMILES string of the molecule is CCC(C)(C)c1c(O)cc(C(C)(C)C)c(C23CC4CC(CC(C4)C2)C3)c1O. The summed E-state index contributed by atoms with van der Waals surface area (Å²) in [4.78, 5) is 0. The molecule has 5 rings (SSSR count). The lowest BCUT2D eigenvalue weighted by molar-refractivity contribution is -0.00704. The zero-order valence-electron chi connectivity index (χ0n) is 18.2. The van der Waals surface area contributed by atoms with E-state index in [9.17, 15) is 10.2 Å². The maximum absolute atomic E-state index is 11.7. The Bertz CT molecular complexity index is 715. The third kappa shape index (κ3) is 2.89. The Kier molecular flexibility index (Phi) is 4.19. The van der Waals surface area contributed by atoms with Crippen LogP contribution in [0.5, 0.6) is 11.5 Å². The monoisotopic (exact) mass is 370 g/mol. The van der Waals surface area contributed by atoms with Crippen molar-refractivity contribution in [3.63, 3.8) is 0 Å². The Hall–Kier alpha value is -1.18. The summed E-state index contributed by atoms with van der Waals surface area (Å²) in [6.45, 7) is 13.1. The van der Waals surface area contributed by atoms with Crippen LogP contribution >= 0.6 is 0 Å². The van der Waals surface area contributed by atoms with Crippen molar-refractivity contribution >= 4 is 0 Å². The molecule has 0 saturated heterocycles. The third-order valence-electron chi connectivity index (χ3n) is 8.22. The standard InChI is InChI=1S/C25H38O2/c1-7-24(5,6)21-19(26)11-18(23(2,3)4)20(22(21)27)25-12-15-8-16(13-25)10-17(9-15)14-25/h11,15-17,26-27H,7-10,12-14H2,1-6H3. The minimum Gasteiger partial charge on any atom is -0.507 e. The molecule has 0 atom stereocenters. The van der Waals surface area contributed by atoms with Crippen molar-refractivity contribution in [2.45, 2.75) is 103 Å². The Labute approximate surface area is 165 Å². The van der Waals surface area contributed by atoms with Gasteiger partial charge in [0.25, 0.3) is 0 Å². The lowest BCUT2D eigenvalue weighted by atomic mass is 9.47. The summed E-state index contributed by atoms with van der Waals surface area (Å²) < 4.78 is 0. The van der Waals surface area contributed by atoms with Crippen LogP contribution in [0.4, 0.5) is 0 Å². The van der Waals surface area contributed by atoms with Crippen molar-refractivity contribution in [1.29, 1.82) is 0 Å². The second-order valence-electron chi connectivity index (χ2n) is 11.7. The normalized spacial score (nSPS) is 32.9. The number of aromatic hydroxyl groups is 2. The minimum absolute atomic E-state index is 0.0947. The van der Waals surface area contributed by atoms with Gasteiger partial charge in [0.1, 0.15) is 11.5 Å². The summed E-state index contributed by atoms with van der Waals surface area (Å²) in [5.74, 6) is 3.19. The fourth-order valence-corrected chi connectivity index (χ4v) is 7.04. The van der Waals surface area contributed by atoms with Crippen molar-refractivity contribution in [1.82, 2.24) is 0 Å². The fourth-order valence-electron chi connectivity index (χ4n) is 7.04. The first-order chi connectivity index (χ1) is 12.5. The predicted molar refractivity (Wildman–Crippen MR) is 112 cm³/mol. The van der Waals surface area contributed by atoms with E-state index in [0.717, 1.165) is 35.3 Å². The number of hydrogen-bond acceptors (Lipinski definition) is 2. The molecule has 150 valence electrons. The molecule has 2 nitrogen and oxygen atoms in total. The second-order valence-corrected chi connectivity index (χ2v) is 11.7. The molecule has 27 heavy (non-hydrogen) atoms. The third-order valence-corrected chi connectivity index (χ3v) is 8.22. The van der Waals surface area contributed by atoms with Crippen LogP contribution in [0.3, 0.4) is 0 Å². The molecule has 4 aliphatic rings. The molecule has 4 saturated carbocycles. The van der Waals surface area contributed by atoms with E-state index in [0.29, 0.717) is 5.75 Å². The maximum atomic E-state index is 11.7. The zero-order chi connectivity index (χ0) is 19.8. The lowest BCUT2D eigenvalue weighted by Crippen LogP contribution is -2.49. The molecular formula is C25H38O2. The molecule has 4 bridgehead atoms. The first-order valence-electron chi connectivity index (χ1n) is 11.1. The van der Waals surface area contributed by atoms with Crippen molar-refractivity contribution in [2.75, 3.05) is 0 Å². The summed E-state index contributed by atoms with van der Waals surface area (Å²) in [6.07, 6.45) is 8.78. The van der Waals surface area contributed by atoms with Crippen molar-refractivity contribution < 1.29 is 10.2 Å². The molecule has 2 heteroatoms. The van der Waals surface area contributed by atoms with E-state index in [-0.39, 0.29) is 22.0 Å². The highest BCUT2D eigenvalue weighted by molar-refractivity contribution is 5.60. The van der Waals surface area contributed by atoms with E-state index >= 15 is 0 Å². The van der Waals surface area contributed by atoms with Gasteiger partial charge in [0, 0.05) is 16.5 Å². The van der Waals surface area contributed by atoms with Crippen LogP contribution in [0, 0.1) is 17.8 Å². The summed E-state index contributed by atoms with van der Waals surface area (Å²) in [7, 11) is 0. The summed E-state index contributed by atoms with van der Waals surface area (Å²) in [5.41, 5.74) is 2.92. The van der Waals surface area contributed by atoms with Gasteiger partial charge in [-0.25, -0.2) is 0 Å². The van der Waals surface area contributed by atoms with Crippen molar-refractivity contribution in [3.8, 4) is 11.5 Å².